The zero-order valence-corrected chi connectivity index (χ0v) is 12.7. The number of hydrogen-bond acceptors (Lipinski definition) is 4. The summed E-state index contributed by atoms with van der Waals surface area (Å²) in [4.78, 5) is 0. The quantitative estimate of drug-likeness (QED) is 0.765. The third-order valence-corrected chi connectivity index (χ3v) is 4.05. The summed E-state index contributed by atoms with van der Waals surface area (Å²) in [5, 5.41) is 0. The molecule has 0 amide bonds. The summed E-state index contributed by atoms with van der Waals surface area (Å²) in [6.45, 7) is 1.32. The molecule has 1 aliphatic heterocycles. The highest BCUT2D eigenvalue weighted by atomic mass is 16.5. The highest BCUT2D eigenvalue weighted by Gasteiger charge is 2.25. The molecule has 2 atom stereocenters. The number of rotatable bonds is 6. The number of hydrazine groups is 1. The fourth-order valence-electron chi connectivity index (χ4n) is 2.80. The Labute approximate surface area is 131 Å². The monoisotopic (exact) mass is 297 g/mol. The van der Waals surface area contributed by atoms with Gasteiger partial charge in [0.15, 0.2) is 0 Å². The molecule has 4 nitrogen and oxygen atoms in total. The van der Waals surface area contributed by atoms with E-state index in [1.54, 1.807) is 0 Å². The lowest BCUT2D eigenvalue weighted by molar-refractivity contribution is 0.315. The van der Waals surface area contributed by atoms with E-state index in [4.69, 9.17) is 10.5 Å². The predicted molar refractivity (Wildman–Crippen MR) is 88.6 cm³/mol. The number of benzene rings is 2. The van der Waals surface area contributed by atoms with Gasteiger partial charge in [-0.3, -0.25) is 5.43 Å². The molecule has 0 spiro atoms. The zero-order valence-electron chi connectivity index (χ0n) is 12.7. The summed E-state index contributed by atoms with van der Waals surface area (Å²) >= 11 is 0. The van der Waals surface area contributed by atoms with Gasteiger partial charge < -0.3 is 10.5 Å². The number of nitrogens with two attached hydrogens (primary N) is 1. The lowest BCUT2D eigenvalue weighted by Crippen LogP contribution is -2.35. The molecule has 1 heterocycles. The van der Waals surface area contributed by atoms with Crippen LogP contribution in [0.3, 0.4) is 0 Å². The van der Waals surface area contributed by atoms with Gasteiger partial charge in [-0.05, 0) is 18.1 Å². The Morgan fingerprint density at radius 2 is 1.77 bits per heavy atom. The molecule has 22 heavy (non-hydrogen) atoms. The first-order valence-electron chi connectivity index (χ1n) is 7.83. The molecule has 3 rings (SSSR count). The Hall–Kier alpha value is -1.88. The van der Waals surface area contributed by atoms with Crippen LogP contribution in [0, 0.1) is 0 Å². The summed E-state index contributed by atoms with van der Waals surface area (Å²) < 4.78 is 6.02. The maximum atomic E-state index is 6.02. The molecule has 4 heteroatoms. The Morgan fingerprint density at radius 1 is 1.00 bits per heavy atom. The molecule has 116 valence electrons. The van der Waals surface area contributed by atoms with Crippen molar-refractivity contribution in [3.63, 3.8) is 0 Å². The highest BCUT2D eigenvalue weighted by Crippen LogP contribution is 2.30. The molecule has 0 saturated carbocycles. The lowest BCUT2D eigenvalue weighted by Gasteiger charge is -2.16. The van der Waals surface area contributed by atoms with Crippen molar-refractivity contribution in [2.24, 2.45) is 5.73 Å². The van der Waals surface area contributed by atoms with E-state index in [1.807, 2.05) is 18.2 Å². The fraction of sp³-hybridized carbons (Fsp3) is 0.333. The number of ether oxygens (including phenoxy) is 1. The van der Waals surface area contributed by atoms with Crippen LogP contribution in [0.25, 0.3) is 0 Å². The Bertz CT molecular complexity index is 588. The predicted octanol–water partition coefficient (Wildman–Crippen LogP) is 2.17. The highest BCUT2D eigenvalue weighted by molar-refractivity contribution is 5.36. The second-order valence-electron chi connectivity index (χ2n) is 5.63. The third kappa shape index (κ3) is 3.65. The van der Waals surface area contributed by atoms with Crippen LogP contribution >= 0.6 is 0 Å². The minimum atomic E-state index is 0.251. The van der Waals surface area contributed by atoms with Gasteiger partial charge in [-0.15, -0.1) is 0 Å². The standard InChI is InChI=1S/C18H23N3O/c19-13-15-12-17(21-20-15)16-8-4-5-9-18(16)22-11-10-14-6-2-1-3-7-14/h1-9,15,17,20-21H,10-13,19H2. The van der Waals surface area contributed by atoms with Crippen LogP contribution in [0.4, 0.5) is 0 Å². The number of nitrogens with one attached hydrogen (secondary N) is 2. The number of hydrogen-bond donors (Lipinski definition) is 3. The van der Waals surface area contributed by atoms with Gasteiger partial charge in [0.05, 0.1) is 12.6 Å². The van der Waals surface area contributed by atoms with E-state index in [1.165, 1.54) is 11.1 Å². The van der Waals surface area contributed by atoms with E-state index in [0.717, 1.165) is 18.6 Å². The largest absolute Gasteiger partial charge is 0.493 e. The normalized spacial score (nSPS) is 21.0. The topological polar surface area (TPSA) is 59.3 Å². The van der Waals surface area contributed by atoms with Gasteiger partial charge in [-0.25, -0.2) is 5.43 Å². The van der Waals surface area contributed by atoms with Gasteiger partial charge in [-0.1, -0.05) is 48.5 Å². The molecular weight excluding hydrogens is 274 g/mol. The van der Waals surface area contributed by atoms with Crippen molar-refractivity contribution in [1.29, 1.82) is 0 Å². The van der Waals surface area contributed by atoms with Crippen LogP contribution in [0.2, 0.25) is 0 Å². The van der Waals surface area contributed by atoms with Gasteiger partial charge in [0, 0.05) is 24.6 Å². The molecule has 0 bridgehead atoms. The fourth-order valence-corrected chi connectivity index (χ4v) is 2.80. The van der Waals surface area contributed by atoms with Crippen LogP contribution in [-0.4, -0.2) is 19.2 Å². The van der Waals surface area contributed by atoms with Crippen LogP contribution in [-0.2, 0) is 6.42 Å². The molecule has 0 aromatic heterocycles. The molecular formula is C18H23N3O. The SMILES string of the molecule is NCC1CC(c2ccccc2OCCc2ccccc2)NN1. The Balaban J connectivity index is 1.62. The average Bonchev–Trinajstić information content (AvgIpc) is 3.05. The molecule has 0 aliphatic carbocycles. The van der Waals surface area contributed by atoms with Gasteiger partial charge in [0.25, 0.3) is 0 Å². The van der Waals surface area contributed by atoms with E-state index >= 15 is 0 Å². The first kappa shape index (κ1) is 15.0. The van der Waals surface area contributed by atoms with E-state index in [0.29, 0.717) is 19.2 Å². The first-order valence-corrected chi connectivity index (χ1v) is 7.83. The summed E-state index contributed by atoms with van der Waals surface area (Å²) in [7, 11) is 0. The maximum Gasteiger partial charge on any atom is 0.124 e. The molecule has 2 aromatic carbocycles. The van der Waals surface area contributed by atoms with Crippen molar-refractivity contribution in [3.05, 3.63) is 65.7 Å². The van der Waals surface area contributed by atoms with Gasteiger partial charge in [-0.2, -0.15) is 0 Å². The van der Waals surface area contributed by atoms with Crippen molar-refractivity contribution >= 4 is 0 Å². The molecule has 1 aliphatic rings. The van der Waals surface area contributed by atoms with Crippen molar-refractivity contribution < 1.29 is 4.74 Å². The van der Waals surface area contributed by atoms with Crippen molar-refractivity contribution in [3.8, 4) is 5.75 Å². The molecule has 1 fully saturated rings. The average molecular weight is 297 g/mol. The smallest absolute Gasteiger partial charge is 0.124 e. The molecule has 2 unspecified atom stereocenters. The van der Waals surface area contributed by atoms with Crippen molar-refractivity contribution in [2.75, 3.05) is 13.2 Å². The van der Waals surface area contributed by atoms with E-state index in [-0.39, 0.29) is 6.04 Å². The Morgan fingerprint density at radius 3 is 2.55 bits per heavy atom. The van der Waals surface area contributed by atoms with E-state index < -0.39 is 0 Å². The molecule has 4 N–H and O–H groups in total. The first-order chi connectivity index (χ1) is 10.9. The molecule has 0 radical (unpaired) electrons. The summed E-state index contributed by atoms with van der Waals surface area (Å²) in [5.41, 5.74) is 14.8. The minimum absolute atomic E-state index is 0.251. The number of para-hydroxylation sites is 1. The van der Waals surface area contributed by atoms with E-state index in [9.17, 15) is 0 Å². The van der Waals surface area contributed by atoms with Crippen LogP contribution in [0.15, 0.2) is 54.6 Å². The second kappa shape index (κ2) is 7.40. The summed E-state index contributed by atoms with van der Waals surface area (Å²) in [6, 6.07) is 19.2. The Kier molecular flexibility index (Phi) is 5.06. The second-order valence-corrected chi connectivity index (χ2v) is 5.63. The summed E-state index contributed by atoms with van der Waals surface area (Å²) in [6.07, 6.45) is 1.90. The third-order valence-electron chi connectivity index (χ3n) is 4.05. The lowest BCUT2D eigenvalue weighted by atomic mass is 10.0. The molecule has 2 aromatic rings. The zero-order chi connectivity index (χ0) is 15.2. The maximum absolute atomic E-state index is 6.02. The van der Waals surface area contributed by atoms with Gasteiger partial charge in [0.2, 0.25) is 0 Å². The summed E-state index contributed by atoms with van der Waals surface area (Å²) in [5.74, 6) is 0.954. The van der Waals surface area contributed by atoms with Crippen LogP contribution < -0.4 is 21.3 Å². The van der Waals surface area contributed by atoms with Crippen LogP contribution in [0.5, 0.6) is 5.75 Å². The van der Waals surface area contributed by atoms with Crippen LogP contribution in [0.1, 0.15) is 23.6 Å². The minimum Gasteiger partial charge on any atom is -0.493 e. The van der Waals surface area contributed by atoms with Crippen molar-refractivity contribution in [1.82, 2.24) is 10.9 Å². The van der Waals surface area contributed by atoms with Crippen molar-refractivity contribution in [2.45, 2.75) is 24.9 Å². The van der Waals surface area contributed by atoms with E-state index in [2.05, 4.69) is 47.2 Å². The molecule has 1 saturated heterocycles. The van der Waals surface area contributed by atoms with Gasteiger partial charge in [0.1, 0.15) is 5.75 Å². The van der Waals surface area contributed by atoms with Gasteiger partial charge >= 0.3 is 0 Å².